The van der Waals surface area contributed by atoms with Gasteiger partial charge in [-0.1, -0.05) is 60.3 Å². The summed E-state index contributed by atoms with van der Waals surface area (Å²) < 4.78 is 2.08. The molecular weight excluding hydrogens is 394 g/mol. The summed E-state index contributed by atoms with van der Waals surface area (Å²) >= 11 is 1.44. The van der Waals surface area contributed by atoms with Crippen LogP contribution in [-0.4, -0.2) is 46.6 Å². The molecule has 0 saturated heterocycles. The van der Waals surface area contributed by atoms with Crippen LogP contribution in [0.5, 0.6) is 0 Å². The Morgan fingerprint density at radius 3 is 2.47 bits per heavy atom. The van der Waals surface area contributed by atoms with E-state index in [2.05, 4.69) is 63.2 Å². The van der Waals surface area contributed by atoms with Gasteiger partial charge in [0.1, 0.15) is 5.82 Å². The van der Waals surface area contributed by atoms with E-state index in [0.29, 0.717) is 12.3 Å². The maximum absolute atomic E-state index is 12.2. The molecular formula is C23H29N5OS. The summed E-state index contributed by atoms with van der Waals surface area (Å²) in [6, 6.07) is 20.5. The van der Waals surface area contributed by atoms with E-state index < -0.39 is 0 Å². The van der Waals surface area contributed by atoms with Crippen molar-refractivity contribution in [3.8, 4) is 0 Å². The van der Waals surface area contributed by atoms with Crippen molar-refractivity contribution in [2.75, 3.05) is 30.8 Å². The van der Waals surface area contributed by atoms with Crippen LogP contribution in [0.25, 0.3) is 0 Å². The minimum Gasteiger partial charge on any atom is -0.375 e. The van der Waals surface area contributed by atoms with Gasteiger partial charge in [-0.2, -0.15) is 0 Å². The van der Waals surface area contributed by atoms with E-state index >= 15 is 0 Å². The standard InChI is InChI=1S/C23H29N5OS/c1-3-28-21(17-19-11-6-4-7-12-19)25-26-23(28)30-18-22(29)24-15-10-16-27(2)20-13-8-5-9-14-20/h4-9,11-14H,3,10,15-18H2,1-2H3,(H,24,29). The van der Waals surface area contributed by atoms with Gasteiger partial charge in [-0.3, -0.25) is 4.79 Å². The minimum atomic E-state index is 0.0256. The zero-order valence-electron chi connectivity index (χ0n) is 17.6. The Labute approximate surface area is 182 Å². The Hall–Kier alpha value is -2.80. The molecule has 2 aromatic carbocycles. The minimum absolute atomic E-state index is 0.0256. The molecule has 0 aliphatic heterocycles. The van der Waals surface area contributed by atoms with E-state index in [1.807, 2.05) is 36.4 Å². The highest BCUT2D eigenvalue weighted by Crippen LogP contribution is 2.18. The number of para-hydroxylation sites is 1. The van der Waals surface area contributed by atoms with Gasteiger partial charge in [-0.25, -0.2) is 0 Å². The molecule has 30 heavy (non-hydrogen) atoms. The SMILES string of the molecule is CCn1c(Cc2ccccc2)nnc1SCC(=O)NCCCN(C)c1ccccc1. The second-order valence-corrected chi connectivity index (χ2v) is 8.00. The van der Waals surface area contributed by atoms with Crippen LogP contribution in [0.15, 0.2) is 65.8 Å². The third-order valence-electron chi connectivity index (χ3n) is 4.84. The molecule has 0 fully saturated rings. The molecule has 1 N–H and O–H groups in total. The largest absolute Gasteiger partial charge is 0.375 e. The molecule has 0 aliphatic rings. The predicted molar refractivity (Wildman–Crippen MR) is 123 cm³/mol. The van der Waals surface area contributed by atoms with Gasteiger partial charge in [-0.05, 0) is 31.0 Å². The number of benzene rings is 2. The highest BCUT2D eigenvalue weighted by Gasteiger charge is 2.13. The Kier molecular flexibility index (Phi) is 8.32. The van der Waals surface area contributed by atoms with Crippen LogP contribution >= 0.6 is 11.8 Å². The van der Waals surface area contributed by atoms with Gasteiger partial charge < -0.3 is 14.8 Å². The number of thioether (sulfide) groups is 1. The summed E-state index contributed by atoms with van der Waals surface area (Å²) in [4.78, 5) is 14.4. The van der Waals surface area contributed by atoms with Crippen LogP contribution in [0, 0.1) is 0 Å². The first-order chi connectivity index (χ1) is 14.7. The fourth-order valence-electron chi connectivity index (χ4n) is 3.19. The van der Waals surface area contributed by atoms with Gasteiger partial charge in [0, 0.05) is 38.8 Å². The average Bonchev–Trinajstić information content (AvgIpc) is 3.17. The van der Waals surface area contributed by atoms with Gasteiger partial charge in [0.25, 0.3) is 0 Å². The summed E-state index contributed by atoms with van der Waals surface area (Å²) in [5, 5.41) is 12.4. The molecule has 1 amide bonds. The van der Waals surface area contributed by atoms with Crippen LogP contribution in [-0.2, 0) is 17.8 Å². The van der Waals surface area contributed by atoms with Gasteiger partial charge in [-0.15, -0.1) is 10.2 Å². The molecule has 1 heterocycles. The van der Waals surface area contributed by atoms with E-state index in [0.717, 1.165) is 36.9 Å². The second kappa shape index (κ2) is 11.4. The lowest BCUT2D eigenvalue weighted by atomic mass is 10.1. The molecule has 7 heteroatoms. The monoisotopic (exact) mass is 423 g/mol. The number of hydrogen-bond acceptors (Lipinski definition) is 5. The summed E-state index contributed by atoms with van der Waals surface area (Å²) in [7, 11) is 2.07. The van der Waals surface area contributed by atoms with Gasteiger partial charge in [0.15, 0.2) is 5.16 Å². The molecule has 0 unspecified atom stereocenters. The maximum Gasteiger partial charge on any atom is 0.230 e. The van der Waals surface area contributed by atoms with E-state index in [-0.39, 0.29) is 5.91 Å². The molecule has 0 bridgehead atoms. The number of hydrogen-bond donors (Lipinski definition) is 1. The number of rotatable bonds is 11. The first kappa shape index (κ1) is 21.9. The second-order valence-electron chi connectivity index (χ2n) is 7.05. The number of carbonyl (C=O) groups excluding carboxylic acids is 1. The third-order valence-corrected chi connectivity index (χ3v) is 5.80. The summed E-state index contributed by atoms with van der Waals surface area (Å²) in [6.07, 6.45) is 1.64. The van der Waals surface area contributed by atoms with Crippen LogP contribution in [0.1, 0.15) is 24.7 Å². The molecule has 158 valence electrons. The number of nitrogens with one attached hydrogen (secondary N) is 1. The number of aromatic nitrogens is 3. The number of nitrogens with zero attached hydrogens (tertiary/aromatic N) is 4. The number of carbonyl (C=O) groups is 1. The topological polar surface area (TPSA) is 63.1 Å². The average molecular weight is 424 g/mol. The van der Waals surface area contributed by atoms with Crippen LogP contribution in [0.4, 0.5) is 5.69 Å². The van der Waals surface area contributed by atoms with Crippen LogP contribution < -0.4 is 10.2 Å². The molecule has 3 rings (SSSR count). The van der Waals surface area contributed by atoms with Gasteiger partial charge in [0.05, 0.1) is 5.75 Å². The highest BCUT2D eigenvalue weighted by molar-refractivity contribution is 7.99. The van der Waals surface area contributed by atoms with Gasteiger partial charge >= 0.3 is 0 Å². The Balaban J connectivity index is 1.41. The summed E-state index contributed by atoms with van der Waals surface area (Å²) in [5.41, 5.74) is 2.39. The quantitative estimate of drug-likeness (QED) is 0.377. The zero-order chi connectivity index (χ0) is 21.2. The molecule has 6 nitrogen and oxygen atoms in total. The van der Waals surface area contributed by atoms with Crippen molar-refractivity contribution in [2.45, 2.75) is 31.5 Å². The smallest absolute Gasteiger partial charge is 0.230 e. The van der Waals surface area contributed by atoms with Crippen molar-refractivity contribution in [3.63, 3.8) is 0 Å². The molecule has 0 aliphatic carbocycles. The third kappa shape index (κ3) is 6.35. The summed E-state index contributed by atoms with van der Waals surface area (Å²) in [6.45, 7) is 4.41. The molecule has 3 aromatic rings. The Morgan fingerprint density at radius 2 is 1.77 bits per heavy atom. The Morgan fingerprint density at radius 1 is 1.07 bits per heavy atom. The lowest BCUT2D eigenvalue weighted by molar-refractivity contribution is -0.118. The molecule has 1 aromatic heterocycles. The fraction of sp³-hybridized carbons (Fsp3) is 0.348. The molecule has 0 saturated carbocycles. The number of amides is 1. The van der Waals surface area contributed by atoms with Crippen LogP contribution in [0.3, 0.4) is 0 Å². The van der Waals surface area contributed by atoms with Crippen molar-refractivity contribution in [2.24, 2.45) is 0 Å². The van der Waals surface area contributed by atoms with Crippen molar-refractivity contribution >= 4 is 23.4 Å². The van der Waals surface area contributed by atoms with Crippen molar-refractivity contribution < 1.29 is 4.79 Å². The normalized spacial score (nSPS) is 10.7. The van der Waals surface area contributed by atoms with Crippen molar-refractivity contribution in [1.29, 1.82) is 0 Å². The lowest BCUT2D eigenvalue weighted by Gasteiger charge is -2.19. The maximum atomic E-state index is 12.2. The van der Waals surface area contributed by atoms with E-state index in [1.54, 1.807) is 0 Å². The predicted octanol–water partition coefficient (Wildman–Crippen LogP) is 3.62. The van der Waals surface area contributed by atoms with Crippen molar-refractivity contribution in [3.05, 3.63) is 72.1 Å². The highest BCUT2D eigenvalue weighted by atomic mass is 32.2. The Bertz CT molecular complexity index is 914. The molecule has 0 radical (unpaired) electrons. The van der Waals surface area contributed by atoms with Crippen LogP contribution in [0.2, 0.25) is 0 Å². The molecule has 0 spiro atoms. The van der Waals surface area contributed by atoms with E-state index in [9.17, 15) is 4.79 Å². The zero-order valence-corrected chi connectivity index (χ0v) is 18.4. The lowest BCUT2D eigenvalue weighted by Crippen LogP contribution is -2.29. The van der Waals surface area contributed by atoms with Crippen molar-refractivity contribution in [1.82, 2.24) is 20.1 Å². The first-order valence-corrected chi connectivity index (χ1v) is 11.3. The fourth-order valence-corrected chi connectivity index (χ4v) is 4.04. The number of anilines is 1. The molecule has 0 atom stereocenters. The summed E-state index contributed by atoms with van der Waals surface area (Å²) in [5.74, 6) is 1.30. The van der Waals surface area contributed by atoms with Gasteiger partial charge in [0.2, 0.25) is 5.91 Å². The first-order valence-electron chi connectivity index (χ1n) is 10.3. The van der Waals surface area contributed by atoms with E-state index in [4.69, 9.17) is 0 Å². The van der Waals surface area contributed by atoms with E-state index in [1.165, 1.54) is 23.0 Å².